The molecule has 0 bridgehead atoms. The van der Waals surface area contributed by atoms with Crippen LogP contribution < -0.4 is 10.6 Å². The van der Waals surface area contributed by atoms with Gasteiger partial charge in [0.05, 0.1) is 15.5 Å². The number of benzene rings is 1. The summed E-state index contributed by atoms with van der Waals surface area (Å²) in [7, 11) is 0. The van der Waals surface area contributed by atoms with Gasteiger partial charge in [-0.15, -0.1) is 0 Å². The Morgan fingerprint density at radius 3 is 2.54 bits per heavy atom. The van der Waals surface area contributed by atoms with Gasteiger partial charge in [-0.1, -0.05) is 24.4 Å². The van der Waals surface area contributed by atoms with E-state index >= 15 is 0 Å². The summed E-state index contributed by atoms with van der Waals surface area (Å²) >= 11 is 5.79. The van der Waals surface area contributed by atoms with Crippen molar-refractivity contribution in [2.45, 2.75) is 50.4 Å². The molecule has 3 atom stereocenters. The van der Waals surface area contributed by atoms with Crippen molar-refractivity contribution in [3.05, 3.63) is 32.8 Å². The molecule has 1 saturated heterocycles. The highest BCUT2D eigenvalue weighted by molar-refractivity contribution is 6.32. The van der Waals surface area contributed by atoms with Gasteiger partial charge in [-0.2, -0.15) is 13.2 Å². The average molecular weight is 392 g/mol. The van der Waals surface area contributed by atoms with Crippen LogP contribution in [0.2, 0.25) is 5.02 Å². The maximum atomic E-state index is 13.1. The Bertz CT molecular complexity index is 756. The Hall–Kier alpha value is -2.03. The molecule has 1 aliphatic heterocycles. The minimum atomic E-state index is -4.82. The van der Waals surface area contributed by atoms with Crippen LogP contribution in [-0.4, -0.2) is 22.9 Å². The van der Waals surface area contributed by atoms with E-state index in [4.69, 9.17) is 17.3 Å². The molecule has 0 spiro atoms. The van der Waals surface area contributed by atoms with Crippen LogP contribution in [0.25, 0.3) is 0 Å². The number of nitrogens with zero attached hydrogens (tertiary/aromatic N) is 2. The molecule has 10 heteroatoms. The van der Waals surface area contributed by atoms with Crippen LogP contribution in [0.1, 0.15) is 37.7 Å². The van der Waals surface area contributed by atoms with Gasteiger partial charge in [0.1, 0.15) is 11.7 Å². The molecule has 3 rings (SSSR count). The molecule has 142 valence electrons. The number of halogens is 4. The van der Waals surface area contributed by atoms with Crippen molar-refractivity contribution in [2.24, 2.45) is 11.7 Å². The Kier molecular flexibility index (Phi) is 4.76. The Labute approximate surface area is 152 Å². The van der Waals surface area contributed by atoms with Crippen LogP contribution in [-0.2, 0) is 11.0 Å². The maximum absolute atomic E-state index is 13.1. The van der Waals surface area contributed by atoms with Crippen molar-refractivity contribution in [3.8, 4) is 0 Å². The van der Waals surface area contributed by atoms with E-state index in [-0.39, 0.29) is 17.6 Å². The van der Waals surface area contributed by atoms with Crippen molar-refractivity contribution < 1.29 is 22.9 Å². The normalized spacial score (nSPS) is 25.8. The van der Waals surface area contributed by atoms with E-state index in [1.165, 1.54) is 4.90 Å². The Morgan fingerprint density at radius 2 is 1.96 bits per heavy atom. The van der Waals surface area contributed by atoms with Crippen LogP contribution in [0.3, 0.4) is 0 Å². The van der Waals surface area contributed by atoms with Crippen molar-refractivity contribution in [1.29, 1.82) is 0 Å². The van der Waals surface area contributed by atoms with Crippen molar-refractivity contribution in [3.63, 3.8) is 0 Å². The molecule has 0 radical (unpaired) electrons. The van der Waals surface area contributed by atoms with Gasteiger partial charge in [0.15, 0.2) is 0 Å². The fourth-order valence-electron chi connectivity index (χ4n) is 4.18. The van der Waals surface area contributed by atoms with Gasteiger partial charge in [-0.3, -0.25) is 14.9 Å². The van der Waals surface area contributed by atoms with E-state index in [2.05, 4.69) is 0 Å². The third kappa shape index (κ3) is 3.20. The zero-order valence-corrected chi connectivity index (χ0v) is 14.4. The van der Waals surface area contributed by atoms with Gasteiger partial charge < -0.3 is 10.6 Å². The lowest BCUT2D eigenvalue weighted by atomic mass is 9.84. The SMILES string of the molecule is NC(=O)[C@@H]1C[C@@H]2CCCC[C@@H]2N1c1cc(Cl)c(C(F)(F)F)cc1[N+](=O)[O-]. The van der Waals surface area contributed by atoms with Crippen molar-refractivity contribution >= 4 is 28.9 Å². The predicted molar refractivity (Wildman–Crippen MR) is 88.9 cm³/mol. The van der Waals surface area contributed by atoms with E-state index in [9.17, 15) is 28.1 Å². The minimum Gasteiger partial charge on any atom is -0.368 e. The van der Waals surface area contributed by atoms with E-state index in [0.29, 0.717) is 18.9 Å². The standard InChI is InChI=1S/C16H17ClF3N3O3/c17-10-7-12(13(23(25)26)6-9(10)16(18,19)20)22-11-4-2-1-3-8(11)5-14(22)15(21)24/h6-8,11,14H,1-5H2,(H2,21,24)/t8-,11-,14-/m0/s1. The topological polar surface area (TPSA) is 89.5 Å². The molecule has 26 heavy (non-hydrogen) atoms. The fraction of sp³-hybridized carbons (Fsp3) is 0.562. The van der Waals surface area contributed by atoms with Crippen LogP contribution in [0.15, 0.2) is 12.1 Å². The van der Waals surface area contributed by atoms with E-state index < -0.39 is 39.3 Å². The number of hydrogen-bond acceptors (Lipinski definition) is 4. The third-order valence-electron chi connectivity index (χ3n) is 5.26. The number of alkyl halides is 3. The van der Waals surface area contributed by atoms with Crippen molar-refractivity contribution in [1.82, 2.24) is 0 Å². The second kappa shape index (κ2) is 6.61. The van der Waals surface area contributed by atoms with Gasteiger partial charge in [0.2, 0.25) is 5.91 Å². The van der Waals surface area contributed by atoms with Crippen LogP contribution in [0.5, 0.6) is 0 Å². The monoisotopic (exact) mass is 391 g/mol. The summed E-state index contributed by atoms with van der Waals surface area (Å²) in [5.74, 6) is -0.522. The number of hydrogen-bond donors (Lipinski definition) is 1. The molecule has 0 aromatic heterocycles. The number of fused-ring (bicyclic) bond motifs is 1. The van der Waals surface area contributed by atoms with Crippen LogP contribution in [0, 0.1) is 16.0 Å². The molecule has 1 aliphatic carbocycles. The highest BCUT2D eigenvalue weighted by atomic mass is 35.5. The van der Waals surface area contributed by atoms with E-state index in [1.807, 2.05) is 0 Å². The largest absolute Gasteiger partial charge is 0.418 e. The summed E-state index contributed by atoms with van der Waals surface area (Å²) in [6.07, 6.45) is -0.962. The van der Waals surface area contributed by atoms with Crippen molar-refractivity contribution in [2.75, 3.05) is 4.90 Å². The number of carbonyl (C=O) groups excluding carboxylic acids is 1. The number of anilines is 1. The lowest BCUT2D eigenvalue weighted by Crippen LogP contribution is -2.45. The fourth-order valence-corrected chi connectivity index (χ4v) is 4.45. The molecule has 2 N–H and O–H groups in total. The molecule has 6 nitrogen and oxygen atoms in total. The summed E-state index contributed by atoms with van der Waals surface area (Å²) in [6, 6.07) is 0.406. The first-order valence-corrected chi connectivity index (χ1v) is 8.62. The molecular weight excluding hydrogens is 375 g/mol. The minimum absolute atomic E-state index is 0.0776. The Balaban J connectivity index is 2.15. The molecule has 1 heterocycles. The Morgan fingerprint density at radius 1 is 1.31 bits per heavy atom. The molecule has 1 amide bonds. The average Bonchev–Trinajstić information content (AvgIpc) is 2.92. The highest BCUT2D eigenvalue weighted by Gasteiger charge is 2.47. The van der Waals surface area contributed by atoms with E-state index in [1.54, 1.807) is 0 Å². The number of rotatable bonds is 3. The lowest BCUT2D eigenvalue weighted by Gasteiger charge is -2.34. The zero-order chi connectivity index (χ0) is 19.2. The zero-order valence-electron chi connectivity index (χ0n) is 13.6. The second-order valence-electron chi connectivity index (χ2n) is 6.75. The number of primary amides is 1. The van der Waals surface area contributed by atoms with E-state index in [0.717, 1.165) is 25.3 Å². The van der Waals surface area contributed by atoms with Gasteiger partial charge in [0.25, 0.3) is 5.69 Å². The third-order valence-corrected chi connectivity index (χ3v) is 5.57. The molecule has 0 unspecified atom stereocenters. The quantitative estimate of drug-likeness (QED) is 0.625. The summed E-state index contributed by atoms with van der Waals surface area (Å²) in [5.41, 5.74) is 3.41. The van der Waals surface area contributed by atoms with Crippen LogP contribution in [0.4, 0.5) is 24.5 Å². The number of nitrogens with two attached hydrogens (primary N) is 1. The molecular formula is C16H17ClF3N3O3. The number of amides is 1. The first kappa shape index (κ1) is 18.8. The molecule has 1 aromatic rings. The predicted octanol–water partition coefficient (Wildman–Crippen LogP) is 3.89. The van der Waals surface area contributed by atoms with Gasteiger partial charge in [0, 0.05) is 12.1 Å². The molecule has 2 fully saturated rings. The van der Waals surface area contributed by atoms with Gasteiger partial charge >= 0.3 is 6.18 Å². The number of nitro groups is 1. The maximum Gasteiger partial charge on any atom is 0.418 e. The summed E-state index contributed by atoms with van der Waals surface area (Å²) in [6.45, 7) is 0. The number of nitro benzene ring substituents is 1. The summed E-state index contributed by atoms with van der Waals surface area (Å²) in [5, 5.41) is 10.8. The van der Waals surface area contributed by atoms with Crippen LogP contribution >= 0.6 is 11.6 Å². The first-order valence-electron chi connectivity index (χ1n) is 8.24. The highest BCUT2D eigenvalue weighted by Crippen LogP contribution is 2.47. The van der Waals surface area contributed by atoms with Gasteiger partial charge in [-0.25, -0.2) is 0 Å². The first-order chi connectivity index (χ1) is 12.1. The summed E-state index contributed by atoms with van der Waals surface area (Å²) in [4.78, 5) is 24.0. The second-order valence-corrected chi connectivity index (χ2v) is 7.16. The van der Waals surface area contributed by atoms with Gasteiger partial charge in [-0.05, 0) is 31.2 Å². The lowest BCUT2D eigenvalue weighted by molar-refractivity contribution is -0.384. The smallest absolute Gasteiger partial charge is 0.368 e. The molecule has 1 aromatic carbocycles. The molecule has 1 saturated carbocycles. The summed E-state index contributed by atoms with van der Waals surface area (Å²) < 4.78 is 39.2. The number of carbonyl (C=O) groups is 1. The molecule has 2 aliphatic rings.